The molecule has 0 saturated carbocycles. The minimum Gasteiger partial charge on any atom is -0.416 e. The number of nitrogens with zero attached hydrogens (tertiary/aromatic N) is 3. The molecule has 1 atom stereocenters. The fourth-order valence-electron chi connectivity index (χ4n) is 2.62. The zero-order valence-electron chi connectivity index (χ0n) is 15.5. The molecule has 0 N–H and O–H groups in total. The molecule has 0 spiro atoms. The zero-order chi connectivity index (χ0) is 18.4. The smallest absolute Gasteiger partial charge is 0.276 e. The first kappa shape index (κ1) is 19.1. The maximum Gasteiger partial charge on any atom is 0.276 e. The van der Waals surface area contributed by atoms with E-state index in [1.54, 1.807) is 23.1 Å². The summed E-state index contributed by atoms with van der Waals surface area (Å²) < 4.78 is 5.80. The van der Waals surface area contributed by atoms with Crippen molar-refractivity contribution >= 4 is 23.1 Å². The van der Waals surface area contributed by atoms with Crippen LogP contribution in [-0.2, 0) is 18.6 Å². The summed E-state index contributed by atoms with van der Waals surface area (Å²) in [5, 5.41) is 12.3. The maximum absolute atomic E-state index is 5.80. The van der Waals surface area contributed by atoms with Crippen LogP contribution >= 0.6 is 23.1 Å². The lowest BCUT2D eigenvalue weighted by atomic mass is 9.98. The van der Waals surface area contributed by atoms with Gasteiger partial charge in [0.1, 0.15) is 0 Å². The lowest BCUT2D eigenvalue weighted by molar-refractivity contribution is 0.404. The van der Waals surface area contributed by atoms with Crippen molar-refractivity contribution in [3.8, 4) is 0 Å². The van der Waals surface area contributed by atoms with E-state index in [9.17, 15) is 0 Å². The van der Waals surface area contributed by atoms with Crippen molar-refractivity contribution < 1.29 is 4.42 Å². The van der Waals surface area contributed by atoms with Gasteiger partial charge in [-0.2, -0.15) is 0 Å². The number of thioether (sulfide) groups is 1. The second kappa shape index (κ2) is 9.33. The third-order valence-corrected chi connectivity index (χ3v) is 5.99. The summed E-state index contributed by atoms with van der Waals surface area (Å²) in [6, 6.07) is 10.4. The molecule has 2 aromatic heterocycles. The molecule has 0 radical (unpaired) electrons. The van der Waals surface area contributed by atoms with Gasteiger partial charge in [-0.15, -0.1) is 21.5 Å². The minimum atomic E-state index is 0.358. The van der Waals surface area contributed by atoms with Gasteiger partial charge in [-0.1, -0.05) is 62.9 Å². The molecule has 1 unspecified atom stereocenters. The summed E-state index contributed by atoms with van der Waals surface area (Å²) in [4.78, 5) is 4.70. The molecule has 6 heteroatoms. The van der Waals surface area contributed by atoms with Crippen LogP contribution in [0, 0.1) is 5.92 Å². The maximum atomic E-state index is 5.80. The van der Waals surface area contributed by atoms with Crippen LogP contribution in [-0.4, -0.2) is 15.2 Å². The second-order valence-electron chi connectivity index (χ2n) is 6.93. The normalized spacial score (nSPS) is 12.6. The van der Waals surface area contributed by atoms with Crippen LogP contribution in [0.25, 0.3) is 0 Å². The highest BCUT2D eigenvalue weighted by Gasteiger charge is 2.13. The second-order valence-corrected chi connectivity index (χ2v) is 8.80. The van der Waals surface area contributed by atoms with Crippen molar-refractivity contribution in [2.45, 2.75) is 56.9 Å². The Hall–Kier alpha value is -1.66. The number of benzene rings is 1. The van der Waals surface area contributed by atoms with Crippen molar-refractivity contribution in [1.29, 1.82) is 0 Å². The summed E-state index contributed by atoms with van der Waals surface area (Å²) >= 11 is 3.31. The van der Waals surface area contributed by atoms with Crippen LogP contribution in [0.4, 0.5) is 0 Å². The molecule has 0 aliphatic heterocycles. The van der Waals surface area contributed by atoms with Gasteiger partial charge in [-0.05, 0) is 30.2 Å². The molecule has 3 rings (SSSR count). The van der Waals surface area contributed by atoms with Gasteiger partial charge in [-0.25, -0.2) is 4.98 Å². The van der Waals surface area contributed by atoms with E-state index in [0.29, 0.717) is 22.9 Å². The quantitative estimate of drug-likeness (QED) is 0.437. The molecule has 4 nitrogen and oxygen atoms in total. The predicted molar refractivity (Wildman–Crippen MR) is 108 cm³/mol. The van der Waals surface area contributed by atoms with E-state index < -0.39 is 0 Å². The largest absolute Gasteiger partial charge is 0.416 e. The molecule has 0 saturated heterocycles. The fourth-order valence-corrected chi connectivity index (χ4v) is 4.21. The molecule has 3 aromatic rings. The van der Waals surface area contributed by atoms with Crippen LogP contribution in [0.5, 0.6) is 0 Å². The highest BCUT2D eigenvalue weighted by molar-refractivity contribution is 7.98. The van der Waals surface area contributed by atoms with E-state index in [4.69, 9.17) is 9.40 Å². The number of aryl methyl sites for hydroxylation is 1. The van der Waals surface area contributed by atoms with E-state index in [1.807, 2.05) is 6.07 Å². The van der Waals surface area contributed by atoms with E-state index in [-0.39, 0.29) is 0 Å². The van der Waals surface area contributed by atoms with Gasteiger partial charge >= 0.3 is 0 Å². The molecular weight excluding hydrogens is 362 g/mol. The number of rotatable bonds is 9. The highest BCUT2D eigenvalue weighted by Crippen LogP contribution is 2.25. The molecule has 0 bridgehead atoms. The summed E-state index contributed by atoms with van der Waals surface area (Å²) in [5.41, 5.74) is 2.38. The number of aromatic nitrogens is 3. The van der Waals surface area contributed by atoms with E-state index in [2.05, 4.69) is 60.6 Å². The average molecular weight is 388 g/mol. The Labute approximate surface area is 163 Å². The Balaban J connectivity index is 1.49. The molecule has 2 heterocycles. The molecule has 1 aromatic carbocycles. The summed E-state index contributed by atoms with van der Waals surface area (Å²) in [5.74, 6) is 2.54. The van der Waals surface area contributed by atoms with Crippen LogP contribution in [0.2, 0.25) is 0 Å². The monoisotopic (exact) mass is 387 g/mol. The van der Waals surface area contributed by atoms with Crippen molar-refractivity contribution in [3.05, 3.63) is 57.9 Å². The van der Waals surface area contributed by atoms with E-state index >= 15 is 0 Å². The number of hydrogen-bond donors (Lipinski definition) is 0. The Morgan fingerprint density at radius 3 is 2.69 bits per heavy atom. The van der Waals surface area contributed by atoms with E-state index in [1.165, 1.54) is 17.0 Å². The topological polar surface area (TPSA) is 51.8 Å². The summed E-state index contributed by atoms with van der Waals surface area (Å²) in [7, 11) is 0. The van der Waals surface area contributed by atoms with Gasteiger partial charge < -0.3 is 4.42 Å². The molecule has 0 fully saturated rings. The van der Waals surface area contributed by atoms with Gasteiger partial charge in [0.05, 0.1) is 10.7 Å². The van der Waals surface area contributed by atoms with Crippen molar-refractivity contribution in [1.82, 2.24) is 15.2 Å². The van der Waals surface area contributed by atoms with Gasteiger partial charge in [-0.3, -0.25) is 0 Å². The molecule has 138 valence electrons. The summed E-state index contributed by atoms with van der Waals surface area (Å²) in [6.45, 7) is 6.67. The first-order valence-corrected chi connectivity index (χ1v) is 10.9. The number of hydrogen-bond acceptors (Lipinski definition) is 6. The van der Waals surface area contributed by atoms with Gasteiger partial charge in [0.15, 0.2) is 0 Å². The van der Waals surface area contributed by atoms with Crippen molar-refractivity contribution in [2.75, 3.05) is 0 Å². The lowest BCUT2D eigenvalue weighted by Gasteiger charge is -2.08. The Kier molecular flexibility index (Phi) is 6.86. The average Bonchev–Trinajstić information content (AvgIpc) is 3.28. The van der Waals surface area contributed by atoms with Gasteiger partial charge in [0, 0.05) is 17.6 Å². The van der Waals surface area contributed by atoms with Crippen molar-refractivity contribution in [2.24, 2.45) is 5.92 Å². The first-order valence-electron chi connectivity index (χ1n) is 9.03. The van der Waals surface area contributed by atoms with Crippen LogP contribution in [0.15, 0.2) is 45.4 Å². The zero-order valence-corrected chi connectivity index (χ0v) is 17.1. The third-order valence-electron chi connectivity index (χ3n) is 4.18. The minimum absolute atomic E-state index is 0.358. The predicted octanol–water partition coefficient (Wildman–Crippen LogP) is 5.75. The molecule has 0 aliphatic carbocycles. The molecule has 0 amide bonds. The Morgan fingerprint density at radius 2 is 1.92 bits per heavy atom. The lowest BCUT2D eigenvalue weighted by Crippen LogP contribution is -1.98. The van der Waals surface area contributed by atoms with E-state index in [0.717, 1.165) is 24.3 Å². The molecular formula is C20H25N3OS2. The fraction of sp³-hybridized carbons (Fsp3) is 0.450. The van der Waals surface area contributed by atoms with Gasteiger partial charge in [0.25, 0.3) is 5.22 Å². The SMILES string of the molecule is CC(C)CCc1nc(CSc2nnc(CC(C)c3ccccc3)o2)cs1. The highest BCUT2D eigenvalue weighted by atomic mass is 32.2. The Morgan fingerprint density at radius 1 is 1.12 bits per heavy atom. The van der Waals surface area contributed by atoms with Gasteiger partial charge in [0.2, 0.25) is 5.89 Å². The Bertz CT molecular complexity index is 798. The molecule has 0 aliphatic rings. The third kappa shape index (κ3) is 5.68. The standard InChI is InChI=1S/C20H25N3OS2/c1-14(2)9-10-19-21-17(12-25-19)13-26-20-23-22-18(24-20)11-15(3)16-7-5-4-6-8-16/h4-8,12,14-15H,9-11,13H2,1-3H3. The van der Waals surface area contributed by atoms with Crippen LogP contribution in [0.1, 0.15) is 55.3 Å². The van der Waals surface area contributed by atoms with Crippen LogP contribution < -0.4 is 0 Å². The number of thiazole rings is 1. The van der Waals surface area contributed by atoms with Crippen molar-refractivity contribution in [3.63, 3.8) is 0 Å². The molecule has 26 heavy (non-hydrogen) atoms. The summed E-state index contributed by atoms with van der Waals surface area (Å²) in [6.07, 6.45) is 3.01. The first-order chi connectivity index (χ1) is 12.6. The van der Waals surface area contributed by atoms with Crippen LogP contribution in [0.3, 0.4) is 0 Å².